The lowest BCUT2D eigenvalue weighted by Gasteiger charge is -2.30. The van der Waals surface area contributed by atoms with E-state index in [9.17, 15) is 14.9 Å². The number of benzene rings is 1. The van der Waals surface area contributed by atoms with Crippen LogP contribution in [0, 0.1) is 10.1 Å². The summed E-state index contributed by atoms with van der Waals surface area (Å²) in [4.78, 5) is 24.4. The van der Waals surface area contributed by atoms with E-state index in [-0.39, 0.29) is 11.6 Å². The molecule has 1 atom stereocenters. The average Bonchev–Trinajstić information content (AvgIpc) is 2.50. The lowest BCUT2D eigenvalue weighted by Crippen LogP contribution is -2.46. The predicted molar refractivity (Wildman–Crippen MR) is 83.2 cm³/mol. The van der Waals surface area contributed by atoms with Crippen molar-refractivity contribution in [2.75, 3.05) is 18.6 Å². The van der Waals surface area contributed by atoms with Crippen LogP contribution < -0.4 is 5.73 Å². The van der Waals surface area contributed by atoms with E-state index < -0.39 is 11.0 Å². The van der Waals surface area contributed by atoms with Gasteiger partial charge in [0.05, 0.1) is 11.0 Å². The monoisotopic (exact) mass is 309 g/mol. The highest BCUT2D eigenvalue weighted by atomic mass is 32.2. The maximum atomic E-state index is 12.3. The maximum Gasteiger partial charge on any atom is 0.269 e. The molecule has 0 radical (unpaired) electrons. The molecule has 0 bridgehead atoms. The standard InChI is InChI=1S/C14H19N3O3S/c1-21-7-5-13(15)14(18)16-6-4-10-2-3-12(17(19)20)8-11(10)9-16/h2-3,8,13H,4-7,9,15H2,1H3/t13-/m0/s1. The Balaban J connectivity index is 2.09. The molecule has 1 aliphatic heterocycles. The normalized spacial score (nSPS) is 15.4. The zero-order valence-electron chi connectivity index (χ0n) is 11.9. The zero-order valence-corrected chi connectivity index (χ0v) is 12.8. The molecule has 21 heavy (non-hydrogen) atoms. The number of carbonyl (C=O) groups is 1. The van der Waals surface area contributed by atoms with E-state index in [4.69, 9.17) is 5.73 Å². The first kappa shape index (κ1) is 15.8. The third-order valence-electron chi connectivity index (χ3n) is 3.67. The second kappa shape index (κ2) is 6.91. The number of fused-ring (bicyclic) bond motifs is 1. The van der Waals surface area contributed by atoms with Gasteiger partial charge in [-0.05, 0) is 36.0 Å². The van der Waals surface area contributed by atoms with Gasteiger partial charge in [0.2, 0.25) is 5.91 Å². The first-order chi connectivity index (χ1) is 10.0. The van der Waals surface area contributed by atoms with Gasteiger partial charge >= 0.3 is 0 Å². The smallest absolute Gasteiger partial charge is 0.269 e. The number of nitro groups is 1. The predicted octanol–water partition coefficient (Wildman–Crippen LogP) is 1.56. The molecular weight excluding hydrogens is 290 g/mol. The quantitative estimate of drug-likeness (QED) is 0.658. The molecule has 0 saturated carbocycles. The van der Waals surface area contributed by atoms with Gasteiger partial charge in [-0.3, -0.25) is 14.9 Å². The number of hydrogen-bond donors (Lipinski definition) is 1. The number of hydrogen-bond acceptors (Lipinski definition) is 5. The second-order valence-corrected chi connectivity index (χ2v) is 6.09. The number of thioether (sulfide) groups is 1. The van der Waals surface area contributed by atoms with Crippen molar-refractivity contribution in [3.63, 3.8) is 0 Å². The highest BCUT2D eigenvalue weighted by Crippen LogP contribution is 2.24. The van der Waals surface area contributed by atoms with Gasteiger partial charge in [-0.25, -0.2) is 0 Å². The van der Waals surface area contributed by atoms with Crippen molar-refractivity contribution in [1.82, 2.24) is 4.90 Å². The number of rotatable bonds is 5. The fraction of sp³-hybridized carbons (Fsp3) is 0.500. The number of carbonyl (C=O) groups excluding carboxylic acids is 1. The summed E-state index contributed by atoms with van der Waals surface area (Å²) in [5.74, 6) is 0.782. The van der Waals surface area contributed by atoms with Gasteiger partial charge in [0.25, 0.3) is 5.69 Å². The maximum absolute atomic E-state index is 12.3. The number of nitrogens with two attached hydrogens (primary N) is 1. The minimum absolute atomic E-state index is 0.0646. The van der Waals surface area contributed by atoms with Crippen molar-refractivity contribution in [3.8, 4) is 0 Å². The average molecular weight is 309 g/mol. The molecule has 0 aliphatic carbocycles. The van der Waals surface area contributed by atoms with E-state index in [2.05, 4.69) is 0 Å². The summed E-state index contributed by atoms with van der Waals surface area (Å²) >= 11 is 1.66. The van der Waals surface area contributed by atoms with E-state index >= 15 is 0 Å². The summed E-state index contributed by atoms with van der Waals surface area (Å²) in [7, 11) is 0. The van der Waals surface area contributed by atoms with Gasteiger partial charge in [-0.15, -0.1) is 0 Å². The molecule has 1 aromatic rings. The topological polar surface area (TPSA) is 89.5 Å². The molecule has 1 aromatic carbocycles. The molecule has 7 heteroatoms. The van der Waals surface area contributed by atoms with Gasteiger partial charge in [0.15, 0.2) is 0 Å². The zero-order chi connectivity index (χ0) is 15.4. The van der Waals surface area contributed by atoms with Crippen molar-refractivity contribution in [2.24, 2.45) is 5.73 Å². The van der Waals surface area contributed by atoms with Crippen LogP contribution in [0.2, 0.25) is 0 Å². The third-order valence-corrected chi connectivity index (χ3v) is 4.32. The van der Waals surface area contributed by atoms with Crippen LogP contribution in [0.5, 0.6) is 0 Å². The molecule has 114 valence electrons. The summed E-state index contributed by atoms with van der Waals surface area (Å²) in [5, 5.41) is 10.8. The van der Waals surface area contributed by atoms with Crippen LogP contribution in [-0.2, 0) is 17.8 Å². The fourth-order valence-electron chi connectivity index (χ4n) is 2.45. The SMILES string of the molecule is CSCC[C@H](N)C(=O)N1CCc2ccc([N+](=O)[O-])cc2C1. The minimum Gasteiger partial charge on any atom is -0.337 e. The Hall–Kier alpha value is -1.60. The molecule has 1 amide bonds. The Labute approximate surface area is 127 Å². The molecule has 0 spiro atoms. The van der Waals surface area contributed by atoms with Crippen molar-refractivity contribution in [3.05, 3.63) is 39.4 Å². The van der Waals surface area contributed by atoms with Gasteiger partial charge in [0, 0.05) is 25.2 Å². The Bertz CT molecular complexity index is 550. The molecule has 2 N–H and O–H groups in total. The van der Waals surface area contributed by atoms with Crippen LogP contribution in [-0.4, -0.2) is 40.3 Å². The summed E-state index contributed by atoms with van der Waals surface area (Å²) in [6, 6.07) is 4.36. The number of amides is 1. The van der Waals surface area contributed by atoms with Crippen LogP contribution in [0.3, 0.4) is 0 Å². The lowest BCUT2D eigenvalue weighted by atomic mass is 9.98. The van der Waals surface area contributed by atoms with Crippen molar-refractivity contribution in [2.45, 2.75) is 25.4 Å². The Morgan fingerprint density at radius 1 is 1.52 bits per heavy atom. The molecule has 0 aromatic heterocycles. The third kappa shape index (κ3) is 3.74. The Morgan fingerprint density at radius 2 is 2.29 bits per heavy atom. The van der Waals surface area contributed by atoms with E-state index in [1.165, 1.54) is 6.07 Å². The van der Waals surface area contributed by atoms with E-state index in [1.54, 1.807) is 28.8 Å². The summed E-state index contributed by atoms with van der Waals surface area (Å²) < 4.78 is 0. The molecule has 0 fully saturated rings. The molecule has 0 unspecified atom stereocenters. The first-order valence-corrected chi connectivity index (χ1v) is 8.22. The fourth-order valence-corrected chi connectivity index (χ4v) is 2.94. The Kier molecular flexibility index (Phi) is 5.19. The number of nitrogens with zero attached hydrogens (tertiary/aromatic N) is 2. The van der Waals surface area contributed by atoms with Crippen LogP contribution in [0.15, 0.2) is 18.2 Å². The molecule has 2 rings (SSSR count). The van der Waals surface area contributed by atoms with Gasteiger partial charge < -0.3 is 10.6 Å². The number of non-ortho nitro benzene ring substituents is 1. The molecule has 0 saturated heterocycles. The van der Waals surface area contributed by atoms with Crippen LogP contribution in [0.1, 0.15) is 17.5 Å². The van der Waals surface area contributed by atoms with Crippen LogP contribution >= 0.6 is 11.8 Å². The number of nitro benzene ring substituents is 1. The molecule has 1 aliphatic rings. The van der Waals surface area contributed by atoms with Crippen LogP contribution in [0.25, 0.3) is 0 Å². The minimum atomic E-state index is -0.488. The lowest BCUT2D eigenvalue weighted by molar-refractivity contribution is -0.385. The van der Waals surface area contributed by atoms with E-state index in [1.807, 2.05) is 6.26 Å². The summed E-state index contributed by atoms with van der Waals surface area (Å²) in [5.41, 5.74) is 7.90. The largest absolute Gasteiger partial charge is 0.337 e. The van der Waals surface area contributed by atoms with Gasteiger partial charge in [-0.2, -0.15) is 11.8 Å². The van der Waals surface area contributed by atoms with Gasteiger partial charge in [0.1, 0.15) is 0 Å². The summed E-state index contributed by atoms with van der Waals surface area (Å²) in [6.07, 6.45) is 3.35. The highest BCUT2D eigenvalue weighted by Gasteiger charge is 2.25. The molecule has 1 heterocycles. The highest BCUT2D eigenvalue weighted by molar-refractivity contribution is 7.98. The summed E-state index contributed by atoms with van der Waals surface area (Å²) in [6.45, 7) is 1.03. The van der Waals surface area contributed by atoms with Crippen molar-refractivity contribution >= 4 is 23.4 Å². The van der Waals surface area contributed by atoms with E-state index in [0.29, 0.717) is 25.9 Å². The molecule has 6 nitrogen and oxygen atoms in total. The second-order valence-electron chi connectivity index (χ2n) is 5.11. The Morgan fingerprint density at radius 3 is 2.95 bits per heavy atom. The van der Waals surface area contributed by atoms with Crippen molar-refractivity contribution < 1.29 is 9.72 Å². The van der Waals surface area contributed by atoms with Gasteiger partial charge in [-0.1, -0.05) is 6.07 Å². The van der Waals surface area contributed by atoms with Crippen LogP contribution in [0.4, 0.5) is 5.69 Å². The molecular formula is C14H19N3O3S. The first-order valence-electron chi connectivity index (χ1n) is 6.82. The van der Waals surface area contributed by atoms with Crippen molar-refractivity contribution in [1.29, 1.82) is 0 Å². The van der Waals surface area contributed by atoms with E-state index in [0.717, 1.165) is 16.9 Å².